The molecule has 3 rings (SSSR count). The van der Waals surface area contributed by atoms with Crippen LogP contribution in [0, 0.1) is 6.92 Å². The Labute approximate surface area is 123 Å². The van der Waals surface area contributed by atoms with Crippen molar-refractivity contribution in [1.29, 1.82) is 0 Å². The molecule has 2 heterocycles. The number of nitrogens with zero attached hydrogens (tertiary/aromatic N) is 2. The van der Waals surface area contributed by atoms with Gasteiger partial charge in [-0.2, -0.15) is 0 Å². The number of hydrogen-bond acceptors (Lipinski definition) is 2. The highest BCUT2D eigenvalue weighted by molar-refractivity contribution is 6.30. The Balaban J connectivity index is 2.19. The molecule has 0 saturated heterocycles. The molecule has 98 valence electrons. The van der Waals surface area contributed by atoms with Gasteiger partial charge in [0.15, 0.2) is 0 Å². The molecule has 1 aromatic carbocycles. The summed E-state index contributed by atoms with van der Waals surface area (Å²) in [5.41, 5.74) is 4.99. The van der Waals surface area contributed by atoms with E-state index in [-0.39, 0.29) is 0 Å². The van der Waals surface area contributed by atoms with Gasteiger partial charge >= 0.3 is 0 Å². The number of aromatic nitrogens is 2. The van der Waals surface area contributed by atoms with Crippen LogP contribution in [0.15, 0.2) is 60.9 Å². The first-order chi connectivity index (χ1) is 9.74. The number of aryl methyl sites for hydroxylation is 1. The summed E-state index contributed by atoms with van der Waals surface area (Å²) in [6.45, 7) is 1.97. The third-order valence-electron chi connectivity index (χ3n) is 3.12. The molecule has 2 nitrogen and oxygen atoms in total. The molecule has 0 saturated carbocycles. The molecule has 3 heteroatoms. The zero-order valence-electron chi connectivity index (χ0n) is 11.0. The lowest BCUT2D eigenvalue weighted by atomic mass is 10.0. The predicted molar refractivity (Wildman–Crippen MR) is 82.7 cm³/mol. The Kier molecular flexibility index (Phi) is 3.48. The highest BCUT2D eigenvalue weighted by Gasteiger charge is 2.10. The van der Waals surface area contributed by atoms with E-state index < -0.39 is 0 Å². The van der Waals surface area contributed by atoms with Gasteiger partial charge in [0.1, 0.15) is 0 Å². The van der Waals surface area contributed by atoms with Crippen molar-refractivity contribution >= 4 is 11.6 Å². The first-order valence-electron chi connectivity index (χ1n) is 6.38. The Morgan fingerprint density at radius 1 is 0.850 bits per heavy atom. The molecule has 0 bridgehead atoms. The van der Waals surface area contributed by atoms with E-state index in [9.17, 15) is 0 Å². The summed E-state index contributed by atoms with van der Waals surface area (Å²) in [6.07, 6.45) is 3.52. The molecule has 20 heavy (non-hydrogen) atoms. The van der Waals surface area contributed by atoms with Crippen molar-refractivity contribution in [3.05, 3.63) is 71.6 Å². The van der Waals surface area contributed by atoms with Crippen molar-refractivity contribution in [2.75, 3.05) is 0 Å². The Bertz CT molecular complexity index is 722. The Morgan fingerprint density at radius 3 is 2.35 bits per heavy atom. The maximum absolute atomic E-state index is 6.10. The highest BCUT2D eigenvalue weighted by atomic mass is 35.5. The topological polar surface area (TPSA) is 25.8 Å². The van der Waals surface area contributed by atoms with Crippen LogP contribution in [-0.2, 0) is 0 Å². The monoisotopic (exact) mass is 280 g/mol. The van der Waals surface area contributed by atoms with E-state index in [1.165, 1.54) is 0 Å². The minimum Gasteiger partial charge on any atom is -0.261 e. The molecule has 0 amide bonds. The summed E-state index contributed by atoms with van der Waals surface area (Å²) in [5, 5.41) is 0.632. The van der Waals surface area contributed by atoms with Crippen LogP contribution in [0.1, 0.15) is 5.69 Å². The first kappa shape index (κ1) is 12.8. The number of pyridine rings is 2. The molecule has 0 unspecified atom stereocenters. The lowest BCUT2D eigenvalue weighted by Crippen LogP contribution is -1.91. The first-order valence-corrected chi connectivity index (χ1v) is 6.76. The zero-order chi connectivity index (χ0) is 13.9. The second-order valence-electron chi connectivity index (χ2n) is 4.60. The fourth-order valence-electron chi connectivity index (χ4n) is 2.11. The van der Waals surface area contributed by atoms with Gasteiger partial charge in [0.05, 0.1) is 10.7 Å². The number of halogens is 1. The third kappa shape index (κ3) is 2.56. The van der Waals surface area contributed by atoms with Crippen LogP contribution >= 0.6 is 11.6 Å². The predicted octanol–water partition coefficient (Wildman–Crippen LogP) is 4.77. The normalized spacial score (nSPS) is 10.5. The van der Waals surface area contributed by atoms with E-state index in [4.69, 9.17) is 11.6 Å². The number of benzene rings is 1. The van der Waals surface area contributed by atoms with Crippen LogP contribution in [0.3, 0.4) is 0 Å². The summed E-state index contributed by atoms with van der Waals surface area (Å²) in [5.74, 6) is 0. The molecule has 0 spiro atoms. The summed E-state index contributed by atoms with van der Waals surface area (Å²) in [7, 11) is 0. The molecule has 0 fully saturated rings. The summed E-state index contributed by atoms with van der Waals surface area (Å²) < 4.78 is 0. The van der Waals surface area contributed by atoms with E-state index >= 15 is 0 Å². The van der Waals surface area contributed by atoms with E-state index in [1.807, 2.05) is 49.5 Å². The smallest absolute Gasteiger partial charge is 0.0796 e. The van der Waals surface area contributed by atoms with Crippen LogP contribution in [-0.4, -0.2) is 9.97 Å². The molecule has 0 aliphatic heterocycles. The maximum Gasteiger partial charge on any atom is 0.0796 e. The van der Waals surface area contributed by atoms with E-state index in [2.05, 4.69) is 22.1 Å². The molecule has 2 aromatic heterocycles. The molecule has 0 aliphatic rings. The largest absolute Gasteiger partial charge is 0.261 e. The van der Waals surface area contributed by atoms with Gasteiger partial charge in [-0.1, -0.05) is 41.9 Å². The molecule has 0 aliphatic carbocycles. The lowest BCUT2D eigenvalue weighted by molar-refractivity contribution is 1.19. The highest BCUT2D eigenvalue weighted by Crippen LogP contribution is 2.31. The van der Waals surface area contributed by atoms with Gasteiger partial charge in [0.2, 0.25) is 0 Å². The van der Waals surface area contributed by atoms with Gasteiger partial charge < -0.3 is 0 Å². The van der Waals surface area contributed by atoms with E-state index in [1.54, 1.807) is 6.20 Å². The third-order valence-corrected chi connectivity index (χ3v) is 3.33. The Hall–Kier alpha value is -2.19. The van der Waals surface area contributed by atoms with Gasteiger partial charge in [-0.25, -0.2) is 0 Å². The van der Waals surface area contributed by atoms with Crippen molar-refractivity contribution in [2.24, 2.45) is 0 Å². The van der Waals surface area contributed by atoms with Crippen LogP contribution in [0.2, 0.25) is 5.02 Å². The van der Waals surface area contributed by atoms with Crippen molar-refractivity contribution in [2.45, 2.75) is 6.92 Å². The van der Waals surface area contributed by atoms with Crippen LogP contribution in [0.5, 0.6) is 0 Å². The van der Waals surface area contributed by atoms with E-state index in [0.717, 1.165) is 28.1 Å². The minimum atomic E-state index is 0.632. The van der Waals surface area contributed by atoms with Crippen molar-refractivity contribution in [3.63, 3.8) is 0 Å². The fourth-order valence-corrected chi connectivity index (χ4v) is 2.27. The number of hydrogen-bond donors (Lipinski definition) is 0. The quantitative estimate of drug-likeness (QED) is 0.675. The molecule has 3 aromatic rings. The summed E-state index contributed by atoms with van der Waals surface area (Å²) in [6, 6.07) is 16.1. The maximum atomic E-state index is 6.10. The van der Waals surface area contributed by atoms with Gasteiger partial charge in [0, 0.05) is 29.2 Å². The van der Waals surface area contributed by atoms with E-state index in [0.29, 0.717) is 5.02 Å². The van der Waals surface area contributed by atoms with Gasteiger partial charge in [-0.05, 0) is 30.7 Å². The molecule has 0 atom stereocenters. The molecule has 0 radical (unpaired) electrons. The average molecular weight is 281 g/mol. The minimum absolute atomic E-state index is 0.632. The zero-order valence-corrected chi connectivity index (χ0v) is 11.8. The van der Waals surface area contributed by atoms with Crippen molar-refractivity contribution < 1.29 is 0 Å². The van der Waals surface area contributed by atoms with Gasteiger partial charge in [-0.15, -0.1) is 0 Å². The van der Waals surface area contributed by atoms with Crippen molar-refractivity contribution in [1.82, 2.24) is 9.97 Å². The SMILES string of the molecule is Cc1ccc(-c2ncc(Cl)cc2-c2ccccc2)cn1. The summed E-state index contributed by atoms with van der Waals surface area (Å²) >= 11 is 6.10. The van der Waals surface area contributed by atoms with Crippen molar-refractivity contribution in [3.8, 4) is 22.4 Å². The van der Waals surface area contributed by atoms with Crippen LogP contribution in [0.25, 0.3) is 22.4 Å². The second kappa shape index (κ2) is 5.43. The summed E-state index contributed by atoms with van der Waals surface area (Å²) in [4.78, 5) is 8.82. The molecular weight excluding hydrogens is 268 g/mol. The molecular formula is C17H13ClN2. The lowest BCUT2D eigenvalue weighted by Gasteiger charge is -2.09. The van der Waals surface area contributed by atoms with Gasteiger partial charge in [-0.3, -0.25) is 9.97 Å². The van der Waals surface area contributed by atoms with Crippen LogP contribution in [0.4, 0.5) is 0 Å². The molecule has 0 N–H and O–H groups in total. The standard InChI is InChI=1S/C17H13ClN2/c1-12-7-8-14(10-19-12)17-16(9-15(18)11-20-17)13-5-3-2-4-6-13/h2-11H,1H3. The number of rotatable bonds is 2. The fraction of sp³-hybridized carbons (Fsp3) is 0.0588. The average Bonchev–Trinajstić information content (AvgIpc) is 2.49. The van der Waals surface area contributed by atoms with Crippen LogP contribution < -0.4 is 0 Å². The van der Waals surface area contributed by atoms with Gasteiger partial charge in [0.25, 0.3) is 0 Å². The Morgan fingerprint density at radius 2 is 1.65 bits per heavy atom. The second-order valence-corrected chi connectivity index (χ2v) is 5.04.